The molecule has 0 saturated carbocycles. The van der Waals surface area contributed by atoms with Crippen molar-refractivity contribution >= 4 is 34.8 Å². The van der Waals surface area contributed by atoms with E-state index in [1.807, 2.05) is 12.1 Å². The van der Waals surface area contributed by atoms with Crippen molar-refractivity contribution in [2.45, 2.75) is 0 Å². The average Bonchev–Trinajstić information content (AvgIpc) is 2.48. The first kappa shape index (κ1) is 15.5. The van der Waals surface area contributed by atoms with Crippen molar-refractivity contribution in [1.82, 2.24) is 5.32 Å². The lowest BCUT2D eigenvalue weighted by molar-refractivity contribution is 0.0947. The minimum Gasteiger partial charge on any atom is -0.490 e. The molecule has 0 aliphatic rings. The van der Waals surface area contributed by atoms with E-state index in [4.69, 9.17) is 33.7 Å². The molecule has 1 amide bonds. The number of anilines is 1. The van der Waals surface area contributed by atoms with Crippen molar-refractivity contribution in [3.8, 4) is 5.75 Å². The van der Waals surface area contributed by atoms with E-state index in [0.29, 0.717) is 40.2 Å². The van der Waals surface area contributed by atoms with Crippen molar-refractivity contribution < 1.29 is 9.53 Å². The van der Waals surface area contributed by atoms with Gasteiger partial charge in [0, 0.05) is 5.56 Å². The Morgan fingerprint density at radius 1 is 1.14 bits per heavy atom. The summed E-state index contributed by atoms with van der Waals surface area (Å²) in [4.78, 5) is 11.9. The third kappa shape index (κ3) is 4.28. The van der Waals surface area contributed by atoms with Crippen molar-refractivity contribution in [1.29, 1.82) is 0 Å². The predicted molar refractivity (Wildman–Crippen MR) is 85.1 cm³/mol. The fourth-order valence-electron chi connectivity index (χ4n) is 1.68. The van der Waals surface area contributed by atoms with Crippen molar-refractivity contribution in [3.63, 3.8) is 0 Å². The van der Waals surface area contributed by atoms with E-state index in [-0.39, 0.29) is 5.91 Å². The van der Waals surface area contributed by atoms with Crippen LogP contribution in [-0.2, 0) is 0 Å². The monoisotopic (exact) mass is 324 g/mol. The van der Waals surface area contributed by atoms with Gasteiger partial charge in [0.2, 0.25) is 0 Å². The largest absolute Gasteiger partial charge is 0.490 e. The number of carbonyl (C=O) groups excluding carboxylic acids is 1. The zero-order chi connectivity index (χ0) is 15.2. The zero-order valence-electron chi connectivity index (χ0n) is 11.1. The summed E-state index contributed by atoms with van der Waals surface area (Å²) in [7, 11) is 0. The summed E-state index contributed by atoms with van der Waals surface area (Å²) in [6.07, 6.45) is 0. The van der Waals surface area contributed by atoms with Crippen LogP contribution >= 0.6 is 23.2 Å². The van der Waals surface area contributed by atoms with Crippen LogP contribution < -0.4 is 15.8 Å². The highest BCUT2D eigenvalue weighted by molar-refractivity contribution is 6.42. The number of rotatable bonds is 5. The molecule has 6 heteroatoms. The van der Waals surface area contributed by atoms with Crippen LogP contribution in [0.25, 0.3) is 0 Å². The lowest BCUT2D eigenvalue weighted by Gasteiger charge is -2.09. The molecule has 21 heavy (non-hydrogen) atoms. The Hall–Kier alpha value is -1.91. The summed E-state index contributed by atoms with van der Waals surface area (Å²) in [6, 6.07) is 11.9. The van der Waals surface area contributed by atoms with E-state index in [9.17, 15) is 4.79 Å². The number of hydrogen-bond acceptors (Lipinski definition) is 3. The van der Waals surface area contributed by atoms with Gasteiger partial charge in [-0.1, -0.05) is 35.3 Å². The fourth-order valence-corrected chi connectivity index (χ4v) is 1.98. The number of para-hydroxylation sites is 2. The molecule has 2 aromatic carbocycles. The van der Waals surface area contributed by atoms with Crippen LogP contribution in [0.2, 0.25) is 10.0 Å². The van der Waals surface area contributed by atoms with Gasteiger partial charge in [0.15, 0.2) is 0 Å². The van der Waals surface area contributed by atoms with Crippen LogP contribution in [0.4, 0.5) is 5.69 Å². The minimum atomic E-state index is -0.238. The fraction of sp³-hybridized carbons (Fsp3) is 0.133. The number of halogens is 2. The molecule has 0 saturated heterocycles. The molecule has 3 N–H and O–H groups in total. The maximum absolute atomic E-state index is 11.9. The Balaban J connectivity index is 1.82. The van der Waals surface area contributed by atoms with E-state index in [1.165, 1.54) is 6.07 Å². The van der Waals surface area contributed by atoms with Gasteiger partial charge in [0.25, 0.3) is 5.91 Å². The van der Waals surface area contributed by atoms with E-state index in [2.05, 4.69) is 5.32 Å². The van der Waals surface area contributed by atoms with Gasteiger partial charge in [0.05, 0.1) is 22.3 Å². The van der Waals surface area contributed by atoms with Crippen LogP contribution in [0, 0.1) is 0 Å². The van der Waals surface area contributed by atoms with Gasteiger partial charge in [-0.25, -0.2) is 0 Å². The molecular formula is C15H14Cl2N2O2. The summed E-state index contributed by atoms with van der Waals surface area (Å²) < 4.78 is 5.48. The average molecular weight is 325 g/mol. The van der Waals surface area contributed by atoms with Crippen LogP contribution in [-0.4, -0.2) is 19.1 Å². The molecule has 0 radical (unpaired) electrons. The summed E-state index contributed by atoms with van der Waals surface area (Å²) in [5.74, 6) is 0.361. The highest BCUT2D eigenvalue weighted by atomic mass is 35.5. The summed E-state index contributed by atoms with van der Waals surface area (Å²) >= 11 is 11.7. The number of amides is 1. The van der Waals surface area contributed by atoms with Gasteiger partial charge < -0.3 is 15.8 Å². The van der Waals surface area contributed by atoms with Gasteiger partial charge >= 0.3 is 0 Å². The van der Waals surface area contributed by atoms with E-state index >= 15 is 0 Å². The second-order valence-corrected chi connectivity index (χ2v) is 5.09. The number of benzene rings is 2. The van der Waals surface area contributed by atoms with Crippen LogP contribution in [0.15, 0.2) is 42.5 Å². The molecule has 2 rings (SSSR count). The molecule has 0 aliphatic carbocycles. The molecule has 4 nitrogen and oxygen atoms in total. The van der Waals surface area contributed by atoms with Crippen LogP contribution in [0.1, 0.15) is 10.4 Å². The Morgan fingerprint density at radius 2 is 1.90 bits per heavy atom. The molecular weight excluding hydrogens is 311 g/mol. The quantitative estimate of drug-likeness (QED) is 0.654. The standard InChI is InChI=1S/C15H14Cl2N2O2/c16-11-6-5-10(9-12(11)17)15(20)19-7-8-21-14-4-2-1-3-13(14)18/h1-6,9H,7-8,18H2,(H,19,20). The van der Waals surface area contributed by atoms with Crippen molar-refractivity contribution in [2.75, 3.05) is 18.9 Å². The Bertz CT molecular complexity index is 647. The SMILES string of the molecule is Nc1ccccc1OCCNC(=O)c1ccc(Cl)c(Cl)c1. The predicted octanol–water partition coefficient (Wildman–Crippen LogP) is 3.38. The Morgan fingerprint density at radius 3 is 2.62 bits per heavy atom. The van der Waals surface area contributed by atoms with Gasteiger partial charge in [-0.15, -0.1) is 0 Å². The summed E-state index contributed by atoms with van der Waals surface area (Å²) in [6.45, 7) is 0.675. The second kappa shape index (κ2) is 7.20. The topological polar surface area (TPSA) is 64.3 Å². The van der Waals surface area contributed by atoms with Crippen molar-refractivity contribution in [3.05, 3.63) is 58.1 Å². The minimum absolute atomic E-state index is 0.238. The molecule has 0 spiro atoms. The van der Waals surface area contributed by atoms with E-state index < -0.39 is 0 Å². The van der Waals surface area contributed by atoms with Gasteiger partial charge in [-0.2, -0.15) is 0 Å². The molecule has 0 unspecified atom stereocenters. The first-order valence-electron chi connectivity index (χ1n) is 6.28. The van der Waals surface area contributed by atoms with Crippen LogP contribution in [0.3, 0.4) is 0 Å². The number of carbonyl (C=O) groups is 1. The van der Waals surface area contributed by atoms with Gasteiger partial charge in [-0.05, 0) is 30.3 Å². The summed E-state index contributed by atoms with van der Waals surface area (Å²) in [5.41, 5.74) is 6.76. The molecule has 0 bridgehead atoms. The first-order chi connectivity index (χ1) is 10.1. The third-order valence-corrected chi connectivity index (χ3v) is 3.49. The third-order valence-electron chi connectivity index (χ3n) is 2.75. The number of ether oxygens (including phenoxy) is 1. The Kier molecular flexibility index (Phi) is 5.31. The molecule has 0 heterocycles. The number of hydrogen-bond donors (Lipinski definition) is 2. The smallest absolute Gasteiger partial charge is 0.251 e. The number of nitrogens with two attached hydrogens (primary N) is 1. The zero-order valence-corrected chi connectivity index (χ0v) is 12.6. The molecule has 110 valence electrons. The molecule has 0 atom stereocenters. The maximum atomic E-state index is 11.9. The van der Waals surface area contributed by atoms with Gasteiger partial charge in [0.1, 0.15) is 12.4 Å². The Labute approximate surface area is 132 Å². The normalized spacial score (nSPS) is 10.2. The molecule has 2 aromatic rings. The van der Waals surface area contributed by atoms with E-state index in [0.717, 1.165) is 0 Å². The lowest BCUT2D eigenvalue weighted by atomic mass is 10.2. The number of nitrogens with one attached hydrogen (secondary N) is 1. The highest BCUT2D eigenvalue weighted by Crippen LogP contribution is 2.22. The molecule has 0 aliphatic heterocycles. The molecule has 0 aromatic heterocycles. The maximum Gasteiger partial charge on any atom is 0.251 e. The first-order valence-corrected chi connectivity index (χ1v) is 7.04. The highest BCUT2D eigenvalue weighted by Gasteiger charge is 2.07. The van der Waals surface area contributed by atoms with Crippen molar-refractivity contribution in [2.24, 2.45) is 0 Å². The molecule has 0 fully saturated rings. The second-order valence-electron chi connectivity index (χ2n) is 4.27. The lowest BCUT2D eigenvalue weighted by Crippen LogP contribution is -2.28. The van der Waals surface area contributed by atoms with Gasteiger partial charge in [-0.3, -0.25) is 4.79 Å². The summed E-state index contributed by atoms with van der Waals surface area (Å²) in [5, 5.41) is 3.49. The number of nitrogen functional groups attached to an aromatic ring is 1. The van der Waals surface area contributed by atoms with E-state index in [1.54, 1.807) is 24.3 Å². The van der Waals surface area contributed by atoms with Crippen LogP contribution in [0.5, 0.6) is 5.75 Å².